The van der Waals surface area contributed by atoms with Gasteiger partial charge in [-0.15, -0.1) is 6.42 Å². The molecule has 17 nitrogen and oxygen atoms in total. The summed E-state index contributed by atoms with van der Waals surface area (Å²) >= 11 is 0. The predicted molar refractivity (Wildman–Crippen MR) is 249 cm³/mol. The number of esters is 1. The molecule has 2 atom stereocenters. The number of alkyl halides is 1. The normalized spacial score (nSPS) is 18.6. The van der Waals surface area contributed by atoms with Crippen molar-refractivity contribution >= 4 is 51.7 Å². The number of likely N-dealkylation sites (N-methyl/N-ethyl adjacent to an activating group) is 2. The van der Waals surface area contributed by atoms with E-state index in [1.54, 1.807) is 46.6 Å². The highest BCUT2D eigenvalue weighted by Crippen LogP contribution is 2.42. The summed E-state index contributed by atoms with van der Waals surface area (Å²) in [6, 6.07) is 5.05. The third-order valence-corrected chi connectivity index (χ3v) is 12.0. The molecule has 3 aliphatic rings. The van der Waals surface area contributed by atoms with Gasteiger partial charge in [0.05, 0.1) is 23.0 Å². The molecular weight excluding hydrogens is 902 g/mol. The quantitative estimate of drug-likeness (QED) is 0.0804. The van der Waals surface area contributed by atoms with Crippen LogP contribution >= 0.6 is 0 Å². The molecule has 7 rings (SSSR count). The van der Waals surface area contributed by atoms with E-state index in [0.29, 0.717) is 32.4 Å². The standard InChI is InChI=1S/C49H59F3N8O9/c1-10-33-36(51)16-15-30-23-32(67-44(62)56(8)21-22-65-37(61)28-57(9)45(63)68-47(2,3)4)24-34(38(30)33)40-39(52)41-35(26-53-40)42(59-19-12-11-13-20-60(59)46(64)69-48(5,6)7)55-43(54-41)66-29-49-17-14-18-58(49)27-31(50)25-49/h1,15-16,23-24,26,31H,11-14,17-22,25,27-29H2,2-9H3/t31-,49+/m1/s1. The minimum absolute atomic E-state index is 0.0267. The summed E-state index contributed by atoms with van der Waals surface area (Å²) < 4.78 is 76.4. The molecule has 0 spiro atoms. The van der Waals surface area contributed by atoms with Crippen LogP contribution in [0.1, 0.15) is 85.6 Å². The molecule has 3 amide bonds. The lowest BCUT2D eigenvalue weighted by molar-refractivity contribution is -0.144. The van der Waals surface area contributed by atoms with Crippen molar-refractivity contribution in [2.24, 2.45) is 0 Å². The molecule has 2 aromatic carbocycles. The molecule has 370 valence electrons. The number of hydrazine groups is 1. The van der Waals surface area contributed by atoms with E-state index in [4.69, 9.17) is 35.1 Å². The SMILES string of the molecule is C#Cc1c(F)ccc2cc(OC(=O)N(C)CCOC(=O)CN(C)C(=O)OC(C)(C)C)cc(-c3ncc4c(N5CCCCCN5C(=O)OC(C)(C)C)nc(OC[C@@]56CCCN5C[C@H](F)C6)nc4c3F)c12. The number of hydrogen-bond acceptors (Lipinski definition) is 14. The van der Waals surface area contributed by atoms with Crippen molar-refractivity contribution in [3.05, 3.63) is 47.7 Å². The number of ether oxygens (including phenoxy) is 5. The summed E-state index contributed by atoms with van der Waals surface area (Å²) in [5, 5.41) is 3.53. The van der Waals surface area contributed by atoms with E-state index in [0.717, 1.165) is 28.7 Å². The van der Waals surface area contributed by atoms with Crippen molar-refractivity contribution < 1.29 is 56.0 Å². The first-order chi connectivity index (χ1) is 32.6. The van der Waals surface area contributed by atoms with Gasteiger partial charge in [-0.25, -0.2) is 32.6 Å². The molecule has 3 aliphatic heterocycles. The smallest absolute Gasteiger partial charge is 0.429 e. The van der Waals surface area contributed by atoms with Gasteiger partial charge in [0.15, 0.2) is 11.6 Å². The van der Waals surface area contributed by atoms with Crippen LogP contribution in [-0.4, -0.2) is 148 Å². The van der Waals surface area contributed by atoms with Crippen molar-refractivity contribution in [2.45, 2.75) is 103 Å². The monoisotopic (exact) mass is 960 g/mol. The molecule has 3 saturated heterocycles. The Balaban J connectivity index is 1.24. The summed E-state index contributed by atoms with van der Waals surface area (Å²) in [7, 11) is 2.79. The first kappa shape index (κ1) is 50.3. The predicted octanol–water partition coefficient (Wildman–Crippen LogP) is 8.04. The summed E-state index contributed by atoms with van der Waals surface area (Å²) in [4.78, 5) is 70.2. The molecule has 0 unspecified atom stereocenters. The van der Waals surface area contributed by atoms with Crippen LogP contribution in [0, 0.1) is 24.0 Å². The number of fused-ring (bicyclic) bond motifs is 3. The van der Waals surface area contributed by atoms with Crippen LogP contribution in [0.25, 0.3) is 32.9 Å². The van der Waals surface area contributed by atoms with E-state index in [9.17, 15) is 23.6 Å². The zero-order chi connectivity index (χ0) is 50.0. The number of hydrogen-bond donors (Lipinski definition) is 0. The number of carbonyl (C=O) groups excluding carboxylic acids is 4. The van der Waals surface area contributed by atoms with Gasteiger partial charge in [-0.05, 0) is 104 Å². The molecule has 0 N–H and O–H groups in total. The summed E-state index contributed by atoms with van der Waals surface area (Å²) in [5.74, 6) is -0.107. The molecule has 0 radical (unpaired) electrons. The van der Waals surface area contributed by atoms with E-state index in [1.165, 1.54) is 43.5 Å². The van der Waals surface area contributed by atoms with E-state index in [1.807, 2.05) is 0 Å². The zero-order valence-corrected chi connectivity index (χ0v) is 40.3. The number of amides is 3. The molecule has 3 fully saturated rings. The van der Waals surface area contributed by atoms with Gasteiger partial charge in [-0.3, -0.25) is 19.7 Å². The molecular formula is C49H59F3N8O9. The molecule has 5 heterocycles. The molecule has 20 heteroatoms. The van der Waals surface area contributed by atoms with E-state index < -0.39 is 65.3 Å². The third-order valence-electron chi connectivity index (χ3n) is 12.0. The van der Waals surface area contributed by atoms with Crippen LogP contribution in [0.2, 0.25) is 0 Å². The van der Waals surface area contributed by atoms with Crippen LogP contribution in [-0.2, 0) is 19.0 Å². The minimum atomic E-state index is -1.04. The molecule has 2 aromatic heterocycles. The fourth-order valence-corrected chi connectivity index (χ4v) is 8.79. The van der Waals surface area contributed by atoms with Crippen molar-refractivity contribution in [1.29, 1.82) is 0 Å². The Bertz CT molecular complexity index is 2670. The van der Waals surface area contributed by atoms with Crippen LogP contribution in [0.4, 0.5) is 33.4 Å². The van der Waals surface area contributed by atoms with Gasteiger partial charge >= 0.3 is 30.3 Å². The van der Waals surface area contributed by atoms with Crippen LogP contribution in [0.15, 0.2) is 30.5 Å². The Labute approximate surface area is 399 Å². The highest BCUT2D eigenvalue weighted by atomic mass is 19.1. The van der Waals surface area contributed by atoms with E-state index >= 15 is 8.78 Å². The second kappa shape index (κ2) is 20.2. The van der Waals surface area contributed by atoms with Gasteiger partial charge in [-0.2, -0.15) is 9.97 Å². The summed E-state index contributed by atoms with van der Waals surface area (Å²) in [5.41, 5.74) is -3.04. The first-order valence-corrected chi connectivity index (χ1v) is 23.0. The topological polar surface area (TPSA) is 169 Å². The lowest BCUT2D eigenvalue weighted by Gasteiger charge is -2.36. The number of terminal acetylenes is 1. The van der Waals surface area contributed by atoms with Gasteiger partial charge in [0, 0.05) is 57.3 Å². The largest absolute Gasteiger partial charge is 0.462 e. The maximum absolute atomic E-state index is 17.7. The van der Waals surface area contributed by atoms with E-state index in [-0.39, 0.29) is 95.3 Å². The Kier molecular flexibility index (Phi) is 14.7. The molecule has 0 aliphatic carbocycles. The number of halogens is 3. The number of aromatic nitrogens is 3. The average Bonchev–Trinajstić information content (AvgIpc) is 3.67. The number of nitrogens with zero attached hydrogens (tertiary/aromatic N) is 8. The number of pyridine rings is 1. The molecule has 0 bridgehead atoms. The van der Waals surface area contributed by atoms with Crippen LogP contribution in [0.3, 0.4) is 0 Å². The minimum Gasteiger partial charge on any atom is -0.462 e. The lowest BCUT2D eigenvalue weighted by atomic mass is 9.95. The molecule has 69 heavy (non-hydrogen) atoms. The molecule has 0 saturated carbocycles. The van der Waals surface area contributed by atoms with Gasteiger partial charge in [-0.1, -0.05) is 12.0 Å². The molecule has 4 aromatic rings. The summed E-state index contributed by atoms with van der Waals surface area (Å²) in [6.45, 7) is 11.2. The van der Waals surface area contributed by atoms with Gasteiger partial charge in [0.25, 0.3) is 0 Å². The Morgan fingerprint density at radius 1 is 0.928 bits per heavy atom. The first-order valence-electron chi connectivity index (χ1n) is 23.0. The second-order valence-electron chi connectivity index (χ2n) is 19.6. The van der Waals surface area contributed by atoms with Crippen molar-refractivity contribution in [3.8, 4) is 35.4 Å². The third kappa shape index (κ3) is 11.5. The van der Waals surface area contributed by atoms with Crippen LogP contribution < -0.4 is 14.5 Å². The van der Waals surface area contributed by atoms with Gasteiger partial charge in [0.2, 0.25) is 0 Å². The maximum Gasteiger partial charge on any atom is 0.429 e. The highest BCUT2D eigenvalue weighted by Gasteiger charge is 2.49. The fraction of sp³-hybridized carbons (Fsp3) is 0.531. The second-order valence-corrected chi connectivity index (χ2v) is 19.6. The van der Waals surface area contributed by atoms with Gasteiger partial charge in [0.1, 0.15) is 59.9 Å². The number of benzene rings is 2. The van der Waals surface area contributed by atoms with Crippen molar-refractivity contribution in [1.82, 2.24) is 34.7 Å². The number of rotatable bonds is 11. The van der Waals surface area contributed by atoms with Crippen molar-refractivity contribution in [3.63, 3.8) is 0 Å². The Morgan fingerprint density at radius 2 is 1.67 bits per heavy atom. The fourth-order valence-electron chi connectivity index (χ4n) is 8.79. The van der Waals surface area contributed by atoms with Crippen LogP contribution in [0.5, 0.6) is 11.8 Å². The Hall–Kier alpha value is -6.62. The average molecular weight is 961 g/mol. The van der Waals surface area contributed by atoms with E-state index in [2.05, 4.69) is 20.8 Å². The Morgan fingerprint density at radius 3 is 2.39 bits per heavy atom. The number of anilines is 1. The number of carbonyl (C=O) groups is 4. The highest BCUT2D eigenvalue weighted by molar-refractivity contribution is 6.03. The maximum atomic E-state index is 17.7. The lowest BCUT2D eigenvalue weighted by Crippen LogP contribution is -2.49. The van der Waals surface area contributed by atoms with Crippen molar-refractivity contribution in [2.75, 3.05) is 71.6 Å². The summed E-state index contributed by atoms with van der Waals surface area (Å²) in [6.07, 6.45) is 7.81. The zero-order valence-electron chi connectivity index (χ0n) is 40.3. The van der Waals surface area contributed by atoms with Gasteiger partial charge < -0.3 is 33.5 Å².